The molecule has 19 heavy (non-hydrogen) atoms. The van der Waals surface area contributed by atoms with Crippen LogP contribution in [0, 0.1) is 12.8 Å². The first kappa shape index (κ1) is 14.5. The molecule has 0 radical (unpaired) electrons. The van der Waals surface area contributed by atoms with E-state index in [1.807, 2.05) is 37.1 Å². The van der Waals surface area contributed by atoms with Crippen LogP contribution < -0.4 is 0 Å². The maximum absolute atomic E-state index is 12.5. The Bertz CT molecular complexity index is 455. The third-order valence-corrected chi connectivity index (χ3v) is 4.58. The summed E-state index contributed by atoms with van der Waals surface area (Å²) in [6.07, 6.45) is 2.10. The summed E-state index contributed by atoms with van der Waals surface area (Å²) in [6, 6.07) is 5.76. The highest BCUT2D eigenvalue weighted by molar-refractivity contribution is 9.10. The van der Waals surface area contributed by atoms with Crippen molar-refractivity contribution in [3.8, 4) is 0 Å². The second kappa shape index (κ2) is 6.53. The van der Waals surface area contributed by atoms with Gasteiger partial charge in [0.25, 0.3) is 5.91 Å². The number of hydrogen-bond donors (Lipinski definition) is 0. The van der Waals surface area contributed by atoms with Crippen molar-refractivity contribution in [1.82, 2.24) is 4.90 Å². The SMILES string of the molecule is Cc1c(Br)cccc1C(=O)N(C)CC1CCOCC1. The van der Waals surface area contributed by atoms with Gasteiger partial charge < -0.3 is 9.64 Å². The van der Waals surface area contributed by atoms with Crippen LogP contribution in [0.4, 0.5) is 0 Å². The number of carbonyl (C=O) groups is 1. The first-order valence-corrected chi connectivity index (χ1v) is 7.47. The van der Waals surface area contributed by atoms with Gasteiger partial charge in [-0.3, -0.25) is 4.79 Å². The maximum Gasteiger partial charge on any atom is 0.253 e. The Morgan fingerprint density at radius 1 is 1.42 bits per heavy atom. The van der Waals surface area contributed by atoms with Crippen molar-refractivity contribution in [3.05, 3.63) is 33.8 Å². The molecule has 1 heterocycles. The standard InChI is InChI=1S/C15H20BrNO2/c1-11-13(4-3-5-14(11)16)15(18)17(2)10-12-6-8-19-9-7-12/h3-5,12H,6-10H2,1-2H3. The van der Waals surface area contributed by atoms with Crippen molar-refractivity contribution < 1.29 is 9.53 Å². The molecule has 0 aliphatic carbocycles. The first-order valence-electron chi connectivity index (χ1n) is 6.68. The van der Waals surface area contributed by atoms with Gasteiger partial charge in [0.2, 0.25) is 0 Å². The molecule has 1 saturated heterocycles. The largest absolute Gasteiger partial charge is 0.381 e. The number of halogens is 1. The van der Waals surface area contributed by atoms with Crippen LogP contribution in [0.5, 0.6) is 0 Å². The predicted molar refractivity (Wildman–Crippen MR) is 79.4 cm³/mol. The van der Waals surface area contributed by atoms with E-state index in [2.05, 4.69) is 15.9 Å². The van der Waals surface area contributed by atoms with E-state index in [0.717, 1.165) is 48.2 Å². The number of amides is 1. The van der Waals surface area contributed by atoms with Gasteiger partial charge in [0, 0.05) is 36.8 Å². The fourth-order valence-corrected chi connectivity index (χ4v) is 2.81. The van der Waals surface area contributed by atoms with Crippen molar-refractivity contribution in [3.63, 3.8) is 0 Å². The number of hydrogen-bond acceptors (Lipinski definition) is 2. The molecule has 1 aromatic carbocycles. The second-order valence-electron chi connectivity index (χ2n) is 5.15. The van der Waals surface area contributed by atoms with E-state index < -0.39 is 0 Å². The molecule has 1 aromatic rings. The minimum absolute atomic E-state index is 0.102. The summed E-state index contributed by atoms with van der Waals surface area (Å²) in [4.78, 5) is 14.3. The van der Waals surface area contributed by atoms with E-state index >= 15 is 0 Å². The predicted octanol–water partition coefficient (Wildman–Crippen LogP) is 3.26. The summed E-state index contributed by atoms with van der Waals surface area (Å²) in [5.41, 5.74) is 1.79. The van der Waals surface area contributed by atoms with Crippen LogP contribution in [0.25, 0.3) is 0 Å². The van der Waals surface area contributed by atoms with Gasteiger partial charge in [0.1, 0.15) is 0 Å². The van der Waals surface area contributed by atoms with Crippen molar-refractivity contribution in [1.29, 1.82) is 0 Å². The van der Waals surface area contributed by atoms with Gasteiger partial charge >= 0.3 is 0 Å². The van der Waals surface area contributed by atoms with Gasteiger partial charge in [-0.15, -0.1) is 0 Å². The van der Waals surface area contributed by atoms with Crippen LogP contribution in [-0.4, -0.2) is 37.6 Å². The normalized spacial score (nSPS) is 16.4. The van der Waals surface area contributed by atoms with Gasteiger partial charge in [-0.1, -0.05) is 22.0 Å². The van der Waals surface area contributed by atoms with E-state index in [4.69, 9.17) is 4.74 Å². The Balaban J connectivity index is 2.03. The zero-order valence-electron chi connectivity index (χ0n) is 11.5. The van der Waals surface area contributed by atoms with Crippen molar-refractivity contribution in [2.24, 2.45) is 5.92 Å². The zero-order valence-corrected chi connectivity index (χ0v) is 13.1. The molecular formula is C15H20BrNO2. The van der Waals surface area contributed by atoms with Crippen molar-refractivity contribution in [2.45, 2.75) is 19.8 Å². The number of nitrogens with zero attached hydrogens (tertiary/aromatic N) is 1. The molecule has 0 unspecified atom stereocenters. The number of benzene rings is 1. The Morgan fingerprint density at radius 2 is 2.11 bits per heavy atom. The molecule has 2 rings (SSSR count). The Hall–Kier alpha value is -0.870. The highest BCUT2D eigenvalue weighted by atomic mass is 79.9. The third-order valence-electron chi connectivity index (χ3n) is 3.72. The van der Waals surface area contributed by atoms with Crippen LogP contribution in [-0.2, 0) is 4.74 Å². The van der Waals surface area contributed by atoms with Crippen molar-refractivity contribution in [2.75, 3.05) is 26.8 Å². The monoisotopic (exact) mass is 325 g/mol. The third kappa shape index (κ3) is 3.57. The average molecular weight is 326 g/mol. The molecule has 104 valence electrons. The summed E-state index contributed by atoms with van der Waals surface area (Å²) in [5.74, 6) is 0.667. The fourth-order valence-electron chi connectivity index (χ4n) is 2.44. The number of ether oxygens (including phenoxy) is 1. The molecule has 0 saturated carbocycles. The van der Waals surface area contributed by atoms with Crippen LogP contribution in [0.1, 0.15) is 28.8 Å². The average Bonchev–Trinajstić information content (AvgIpc) is 2.42. The molecular weight excluding hydrogens is 306 g/mol. The molecule has 1 amide bonds. The molecule has 1 aliphatic rings. The van der Waals surface area contributed by atoms with Gasteiger partial charge in [-0.25, -0.2) is 0 Å². The zero-order chi connectivity index (χ0) is 13.8. The lowest BCUT2D eigenvalue weighted by Gasteiger charge is -2.27. The quantitative estimate of drug-likeness (QED) is 0.853. The highest BCUT2D eigenvalue weighted by Crippen LogP contribution is 2.22. The Morgan fingerprint density at radius 3 is 2.79 bits per heavy atom. The molecule has 0 atom stereocenters. The van der Waals surface area contributed by atoms with Gasteiger partial charge in [-0.05, 0) is 43.4 Å². The second-order valence-corrected chi connectivity index (χ2v) is 6.01. The molecule has 0 spiro atoms. The lowest BCUT2D eigenvalue weighted by atomic mass is 9.99. The molecule has 0 bridgehead atoms. The van der Waals surface area contributed by atoms with E-state index in [-0.39, 0.29) is 5.91 Å². The van der Waals surface area contributed by atoms with E-state index in [9.17, 15) is 4.79 Å². The van der Waals surface area contributed by atoms with Gasteiger partial charge in [0.15, 0.2) is 0 Å². The summed E-state index contributed by atoms with van der Waals surface area (Å²) < 4.78 is 6.34. The molecule has 4 heteroatoms. The van der Waals surface area contributed by atoms with Gasteiger partial charge in [-0.2, -0.15) is 0 Å². The summed E-state index contributed by atoms with van der Waals surface area (Å²) in [7, 11) is 1.89. The first-order chi connectivity index (χ1) is 9.09. The van der Waals surface area contributed by atoms with Crippen LogP contribution in [0.2, 0.25) is 0 Å². The molecule has 1 aliphatic heterocycles. The molecule has 0 aromatic heterocycles. The van der Waals surface area contributed by atoms with Crippen LogP contribution >= 0.6 is 15.9 Å². The lowest BCUT2D eigenvalue weighted by molar-refractivity contribution is 0.0497. The van der Waals surface area contributed by atoms with Crippen LogP contribution in [0.3, 0.4) is 0 Å². The van der Waals surface area contributed by atoms with E-state index in [1.54, 1.807) is 0 Å². The van der Waals surface area contributed by atoms with E-state index in [0.29, 0.717) is 5.92 Å². The molecule has 1 fully saturated rings. The van der Waals surface area contributed by atoms with Crippen molar-refractivity contribution >= 4 is 21.8 Å². The Labute approximate surface area is 123 Å². The van der Waals surface area contributed by atoms with Crippen LogP contribution in [0.15, 0.2) is 22.7 Å². The smallest absolute Gasteiger partial charge is 0.253 e. The van der Waals surface area contributed by atoms with Gasteiger partial charge in [0.05, 0.1) is 0 Å². The highest BCUT2D eigenvalue weighted by Gasteiger charge is 2.20. The number of rotatable bonds is 3. The summed E-state index contributed by atoms with van der Waals surface area (Å²) in [5, 5.41) is 0. The fraction of sp³-hybridized carbons (Fsp3) is 0.533. The lowest BCUT2D eigenvalue weighted by Crippen LogP contribution is -2.34. The minimum atomic E-state index is 0.102. The minimum Gasteiger partial charge on any atom is -0.381 e. The summed E-state index contributed by atoms with van der Waals surface area (Å²) in [6.45, 7) is 4.43. The number of carbonyl (C=O) groups excluding carboxylic acids is 1. The maximum atomic E-state index is 12.5. The van der Waals surface area contributed by atoms with E-state index in [1.165, 1.54) is 0 Å². The molecule has 3 nitrogen and oxygen atoms in total. The topological polar surface area (TPSA) is 29.5 Å². The Kier molecular flexibility index (Phi) is 4.99. The molecule has 0 N–H and O–H groups in total. The summed E-state index contributed by atoms with van der Waals surface area (Å²) >= 11 is 3.47.